The average molecular weight is 163 g/mol. The largest absolute Gasteiger partial charge is 0.274 e. The predicted molar refractivity (Wildman–Crippen MR) is 39.6 cm³/mol. The number of alkyl halides is 1. The Morgan fingerprint density at radius 2 is 2.27 bits per heavy atom. The van der Waals surface area contributed by atoms with E-state index in [1.54, 1.807) is 0 Å². The first-order chi connectivity index (χ1) is 5.31. The van der Waals surface area contributed by atoms with Crippen LogP contribution in [0, 0.1) is 0 Å². The highest BCUT2D eigenvalue weighted by Crippen LogP contribution is 1.92. The van der Waals surface area contributed by atoms with Gasteiger partial charge in [-0.2, -0.15) is 0 Å². The lowest BCUT2D eigenvalue weighted by Crippen LogP contribution is -2.25. The summed E-state index contributed by atoms with van der Waals surface area (Å²) in [6.45, 7) is 1.51. The highest BCUT2D eigenvalue weighted by Gasteiger charge is 1.96. The molecule has 0 aromatic rings. The van der Waals surface area contributed by atoms with Crippen molar-refractivity contribution in [3.63, 3.8) is 0 Å². The molecule has 0 saturated carbocycles. The summed E-state index contributed by atoms with van der Waals surface area (Å²) in [4.78, 5) is 14.9. The predicted octanol–water partition coefficient (Wildman–Crippen LogP) is 1.19. The van der Waals surface area contributed by atoms with E-state index in [1.165, 1.54) is 0 Å². The number of hydroxylamine groups is 1. The molecule has 0 heterocycles. The van der Waals surface area contributed by atoms with Crippen molar-refractivity contribution in [2.75, 3.05) is 13.3 Å². The lowest BCUT2D eigenvalue weighted by atomic mass is 10.3. The minimum atomic E-state index is -1.02. The maximum atomic E-state index is 11.5. The first-order valence-electron chi connectivity index (χ1n) is 3.77. The summed E-state index contributed by atoms with van der Waals surface area (Å²) in [5, 5.41) is 0. The molecular weight excluding hydrogens is 149 g/mol. The molecule has 0 bridgehead atoms. The molecule has 4 heteroatoms. The van der Waals surface area contributed by atoms with Gasteiger partial charge in [0.2, 0.25) is 0 Å². The third-order valence-corrected chi connectivity index (χ3v) is 1.16. The molecule has 0 aromatic heterocycles. The summed E-state index contributed by atoms with van der Waals surface area (Å²) in [6.07, 6.45) is 3.05. The summed E-state index contributed by atoms with van der Waals surface area (Å²) >= 11 is 0. The number of nitrogens with one attached hydrogen (secondary N) is 1. The summed E-state index contributed by atoms with van der Waals surface area (Å²) in [7, 11) is 0. The molecule has 3 nitrogen and oxygen atoms in total. The molecule has 0 rings (SSSR count). The average Bonchev–Trinajstić information content (AvgIpc) is 2.04. The number of carbonyl (C=O) groups is 1. The SMILES string of the molecule is CCCCCONC(=O)CF. The molecule has 0 unspecified atom stereocenters. The van der Waals surface area contributed by atoms with Crippen LogP contribution in [0.15, 0.2) is 0 Å². The van der Waals surface area contributed by atoms with Crippen molar-refractivity contribution < 1.29 is 14.0 Å². The summed E-state index contributed by atoms with van der Waals surface area (Å²) in [5.74, 6) is -0.721. The Morgan fingerprint density at radius 1 is 1.55 bits per heavy atom. The first kappa shape index (κ1) is 10.4. The van der Waals surface area contributed by atoms with Gasteiger partial charge in [0.1, 0.15) is 0 Å². The Morgan fingerprint density at radius 3 is 2.82 bits per heavy atom. The minimum absolute atomic E-state index is 0.458. The second kappa shape index (κ2) is 7.47. The van der Waals surface area contributed by atoms with Gasteiger partial charge in [0, 0.05) is 0 Å². The van der Waals surface area contributed by atoms with Gasteiger partial charge in [-0.25, -0.2) is 9.87 Å². The van der Waals surface area contributed by atoms with Crippen molar-refractivity contribution in [3.05, 3.63) is 0 Å². The van der Waals surface area contributed by atoms with Gasteiger partial charge in [-0.05, 0) is 6.42 Å². The Labute approximate surface area is 65.9 Å². The fourth-order valence-electron chi connectivity index (χ4n) is 0.583. The van der Waals surface area contributed by atoms with Gasteiger partial charge >= 0.3 is 0 Å². The molecule has 0 atom stereocenters. The zero-order valence-corrected chi connectivity index (χ0v) is 6.73. The lowest BCUT2D eigenvalue weighted by molar-refractivity contribution is -0.134. The van der Waals surface area contributed by atoms with Crippen LogP contribution in [0.5, 0.6) is 0 Å². The fourth-order valence-corrected chi connectivity index (χ4v) is 0.583. The second-order valence-electron chi connectivity index (χ2n) is 2.21. The summed E-state index contributed by atoms with van der Waals surface area (Å²) in [6, 6.07) is 0. The zero-order chi connectivity index (χ0) is 8.53. The Hall–Kier alpha value is -0.640. The number of rotatable bonds is 6. The van der Waals surface area contributed by atoms with Crippen LogP contribution in [0.4, 0.5) is 4.39 Å². The second-order valence-corrected chi connectivity index (χ2v) is 2.21. The van der Waals surface area contributed by atoms with Crippen molar-refractivity contribution in [2.45, 2.75) is 26.2 Å². The Bertz CT molecular complexity index is 109. The lowest BCUT2D eigenvalue weighted by Gasteiger charge is -2.01. The summed E-state index contributed by atoms with van der Waals surface area (Å²) < 4.78 is 11.5. The van der Waals surface area contributed by atoms with E-state index in [2.05, 4.69) is 11.8 Å². The van der Waals surface area contributed by atoms with E-state index in [4.69, 9.17) is 0 Å². The van der Waals surface area contributed by atoms with Gasteiger partial charge in [0.25, 0.3) is 5.91 Å². The van der Waals surface area contributed by atoms with Crippen molar-refractivity contribution in [3.8, 4) is 0 Å². The van der Waals surface area contributed by atoms with E-state index in [0.717, 1.165) is 19.3 Å². The van der Waals surface area contributed by atoms with E-state index in [1.807, 2.05) is 5.48 Å². The topological polar surface area (TPSA) is 38.3 Å². The monoisotopic (exact) mass is 163 g/mol. The molecule has 0 aliphatic carbocycles. The molecule has 11 heavy (non-hydrogen) atoms. The van der Waals surface area contributed by atoms with E-state index in [-0.39, 0.29) is 0 Å². The number of carbonyl (C=O) groups excluding carboxylic acids is 1. The number of hydrogen-bond acceptors (Lipinski definition) is 2. The smallest absolute Gasteiger partial charge is 0.274 e. The van der Waals surface area contributed by atoms with Gasteiger partial charge in [0.05, 0.1) is 6.61 Å². The molecule has 66 valence electrons. The van der Waals surface area contributed by atoms with Crippen LogP contribution in [-0.4, -0.2) is 19.2 Å². The van der Waals surface area contributed by atoms with Crippen molar-refractivity contribution in [1.82, 2.24) is 5.48 Å². The molecule has 0 aliphatic heterocycles. The van der Waals surface area contributed by atoms with E-state index >= 15 is 0 Å². The Balaban J connectivity index is 2.95. The summed E-state index contributed by atoms with van der Waals surface area (Å²) in [5.41, 5.74) is 1.98. The van der Waals surface area contributed by atoms with Crippen LogP contribution in [0.25, 0.3) is 0 Å². The number of amides is 1. The maximum Gasteiger partial charge on any atom is 0.274 e. The number of halogens is 1. The van der Waals surface area contributed by atoms with Gasteiger partial charge in [-0.15, -0.1) is 0 Å². The molecular formula is C7H14FNO2. The van der Waals surface area contributed by atoms with Crippen molar-refractivity contribution >= 4 is 5.91 Å². The molecule has 0 radical (unpaired) electrons. The highest BCUT2D eigenvalue weighted by molar-refractivity contribution is 5.75. The number of unbranched alkanes of at least 4 members (excludes halogenated alkanes) is 2. The van der Waals surface area contributed by atoms with Gasteiger partial charge in [-0.1, -0.05) is 19.8 Å². The van der Waals surface area contributed by atoms with E-state index < -0.39 is 12.6 Å². The van der Waals surface area contributed by atoms with Crippen molar-refractivity contribution in [2.24, 2.45) is 0 Å². The standard InChI is InChI=1S/C7H14FNO2/c1-2-3-4-5-11-9-7(10)6-8/h2-6H2,1H3,(H,9,10). The molecule has 0 aromatic carbocycles. The normalized spacial score (nSPS) is 9.64. The molecule has 0 fully saturated rings. The third-order valence-electron chi connectivity index (χ3n) is 1.16. The van der Waals surface area contributed by atoms with Gasteiger partial charge in [0.15, 0.2) is 6.67 Å². The van der Waals surface area contributed by atoms with Gasteiger partial charge in [-0.3, -0.25) is 9.63 Å². The van der Waals surface area contributed by atoms with Crippen molar-refractivity contribution in [1.29, 1.82) is 0 Å². The van der Waals surface area contributed by atoms with Crippen LogP contribution >= 0.6 is 0 Å². The quantitative estimate of drug-likeness (QED) is 0.472. The molecule has 0 spiro atoms. The maximum absolute atomic E-state index is 11.5. The molecule has 1 amide bonds. The number of hydrogen-bond donors (Lipinski definition) is 1. The first-order valence-corrected chi connectivity index (χ1v) is 3.77. The third kappa shape index (κ3) is 7.25. The highest BCUT2D eigenvalue weighted by atomic mass is 19.1. The van der Waals surface area contributed by atoms with Crippen LogP contribution < -0.4 is 5.48 Å². The molecule has 0 aliphatic rings. The fraction of sp³-hybridized carbons (Fsp3) is 0.857. The minimum Gasteiger partial charge on any atom is -0.274 e. The molecule has 1 N–H and O–H groups in total. The molecule has 0 saturated heterocycles. The Kier molecular flexibility index (Phi) is 7.03. The van der Waals surface area contributed by atoms with E-state index in [0.29, 0.717) is 6.61 Å². The van der Waals surface area contributed by atoms with Crippen LogP contribution in [0.1, 0.15) is 26.2 Å². The van der Waals surface area contributed by atoms with Gasteiger partial charge < -0.3 is 0 Å². The zero-order valence-electron chi connectivity index (χ0n) is 6.73. The van der Waals surface area contributed by atoms with Crippen LogP contribution in [-0.2, 0) is 9.63 Å². The van der Waals surface area contributed by atoms with Crippen LogP contribution in [0.2, 0.25) is 0 Å². The van der Waals surface area contributed by atoms with E-state index in [9.17, 15) is 9.18 Å². The van der Waals surface area contributed by atoms with Crippen LogP contribution in [0.3, 0.4) is 0 Å².